The number of nitrogens with zero attached hydrogens (tertiary/aromatic N) is 4. The van der Waals surface area contributed by atoms with Gasteiger partial charge in [0.25, 0.3) is 0 Å². The minimum absolute atomic E-state index is 0.0566. The summed E-state index contributed by atoms with van der Waals surface area (Å²) in [5.74, 6) is 2.52. The minimum atomic E-state index is 0.0566. The van der Waals surface area contributed by atoms with Crippen LogP contribution in [0.1, 0.15) is 11.8 Å². The number of nitrogens with two attached hydrogens (primary N) is 1. The van der Waals surface area contributed by atoms with Crippen LogP contribution in [0, 0.1) is 0 Å². The molecule has 2 N–H and O–H groups in total. The van der Waals surface area contributed by atoms with E-state index in [-0.39, 0.29) is 12.3 Å². The Morgan fingerprint density at radius 2 is 1.87 bits per heavy atom. The zero-order valence-electron chi connectivity index (χ0n) is 17.8. The van der Waals surface area contributed by atoms with E-state index in [2.05, 4.69) is 44.7 Å². The number of rotatable bonds is 7. The largest absolute Gasteiger partial charge is 0.497 e. The molecule has 0 amide bonds. The van der Waals surface area contributed by atoms with Crippen molar-refractivity contribution in [2.45, 2.75) is 17.5 Å². The fourth-order valence-electron chi connectivity index (χ4n) is 3.48. The number of quaternary nitrogens is 1. The smallest absolute Gasteiger partial charge is 0.217 e. The second-order valence-electron chi connectivity index (χ2n) is 7.54. The Bertz CT molecular complexity index is 972. The molecule has 2 aromatic carbocycles. The molecule has 2 atom stereocenters. The molecular weight excluding hydrogens is 398 g/mol. The third-order valence-corrected chi connectivity index (χ3v) is 6.42. The summed E-state index contributed by atoms with van der Waals surface area (Å²) in [7, 11) is 7.76. The number of methoxy groups -OCH3 is 1. The molecule has 0 unspecified atom stereocenters. The molecule has 1 saturated heterocycles. The lowest BCUT2D eigenvalue weighted by molar-refractivity contribution is -0.697. The van der Waals surface area contributed by atoms with Gasteiger partial charge in [-0.1, -0.05) is 11.8 Å². The minimum Gasteiger partial charge on any atom is -0.497 e. The van der Waals surface area contributed by atoms with E-state index >= 15 is 0 Å². The van der Waals surface area contributed by atoms with E-state index in [4.69, 9.17) is 9.47 Å². The highest BCUT2D eigenvalue weighted by atomic mass is 32.2. The van der Waals surface area contributed by atoms with Gasteiger partial charge in [0.15, 0.2) is 11.0 Å². The average molecular weight is 427 g/mol. The monoisotopic (exact) mass is 426 g/mol. The number of hydrogen-bond acceptors (Lipinski definition) is 6. The van der Waals surface area contributed by atoms with Gasteiger partial charge in [0.2, 0.25) is 6.23 Å². The number of thioether (sulfide) groups is 1. The van der Waals surface area contributed by atoms with Gasteiger partial charge in [-0.15, -0.1) is 10.2 Å². The highest BCUT2D eigenvalue weighted by molar-refractivity contribution is 7.99. The molecule has 7 nitrogen and oxygen atoms in total. The number of aromatic nitrogens is 3. The van der Waals surface area contributed by atoms with Crippen LogP contribution >= 0.6 is 11.8 Å². The molecule has 0 aliphatic carbocycles. The Morgan fingerprint density at radius 3 is 2.53 bits per heavy atom. The molecule has 158 valence electrons. The van der Waals surface area contributed by atoms with E-state index in [0.717, 1.165) is 34.6 Å². The lowest BCUT2D eigenvalue weighted by Crippen LogP contribution is -2.82. The highest BCUT2D eigenvalue weighted by Gasteiger charge is 2.30. The van der Waals surface area contributed by atoms with Gasteiger partial charge in [-0.05, 0) is 48.5 Å². The van der Waals surface area contributed by atoms with E-state index in [9.17, 15) is 0 Å². The Labute approximate surface area is 181 Å². The molecule has 1 fully saturated rings. The first kappa shape index (κ1) is 20.7. The van der Waals surface area contributed by atoms with E-state index in [1.54, 1.807) is 18.9 Å². The van der Waals surface area contributed by atoms with Gasteiger partial charge in [0, 0.05) is 43.7 Å². The molecule has 4 rings (SSSR count). The first-order chi connectivity index (χ1) is 14.5. The molecule has 1 aromatic heterocycles. The van der Waals surface area contributed by atoms with Crippen LogP contribution < -0.4 is 15.0 Å². The average Bonchev–Trinajstić information content (AvgIpc) is 3.39. The molecule has 1 aliphatic rings. The summed E-state index contributed by atoms with van der Waals surface area (Å²) in [6, 6.07) is 16.4. The second-order valence-corrected chi connectivity index (χ2v) is 8.53. The topological polar surface area (TPSA) is 69.0 Å². The van der Waals surface area contributed by atoms with E-state index < -0.39 is 0 Å². The predicted molar refractivity (Wildman–Crippen MR) is 119 cm³/mol. The third-order valence-electron chi connectivity index (χ3n) is 5.27. The van der Waals surface area contributed by atoms with Crippen molar-refractivity contribution in [2.24, 2.45) is 7.05 Å². The predicted octanol–water partition coefficient (Wildman–Crippen LogP) is 2.31. The summed E-state index contributed by atoms with van der Waals surface area (Å²) in [6.45, 7) is 0.941. The molecule has 0 saturated carbocycles. The molecule has 8 heteroatoms. The van der Waals surface area contributed by atoms with Crippen molar-refractivity contribution in [3.05, 3.63) is 54.1 Å². The van der Waals surface area contributed by atoms with Crippen LogP contribution in [0.15, 0.2) is 53.7 Å². The second kappa shape index (κ2) is 9.07. The van der Waals surface area contributed by atoms with Crippen molar-refractivity contribution in [1.29, 1.82) is 0 Å². The van der Waals surface area contributed by atoms with Gasteiger partial charge in [-0.25, -0.2) is 0 Å². The van der Waals surface area contributed by atoms with Gasteiger partial charge < -0.3 is 24.3 Å². The molecule has 0 spiro atoms. The normalized spacial score (nSPS) is 18.5. The molecule has 0 bridgehead atoms. The number of hydrogen-bond donors (Lipinski definition) is 1. The van der Waals surface area contributed by atoms with Crippen molar-refractivity contribution in [1.82, 2.24) is 14.8 Å². The van der Waals surface area contributed by atoms with Crippen molar-refractivity contribution in [2.75, 3.05) is 38.4 Å². The van der Waals surface area contributed by atoms with Crippen LogP contribution in [0.25, 0.3) is 11.4 Å². The summed E-state index contributed by atoms with van der Waals surface area (Å²) in [5.41, 5.74) is 3.41. The van der Waals surface area contributed by atoms with Gasteiger partial charge in [0.05, 0.1) is 7.11 Å². The highest BCUT2D eigenvalue weighted by Crippen LogP contribution is 2.26. The lowest BCUT2D eigenvalue weighted by atomic mass is 10.2. The van der Waals surface area contributed by atoms with Crippen LogP contribution in [-0.2, 0) is 11.8 Å². The Balaban J connectivity index is 1.34. The van der Waals surface area contributed by atoms with E-state index in [0.29, 0.717) is 0 Å². The fraction of sp³-hybridized carbons (Fsp3) is 0.364. The van der Waals surface area contributed by atoms with Gasteiger partial charge in [0.1, 0.15) is 18.4 Å². The lowest BCUT2D eigenvalue weighted by Gasteiger charge is -2.14. The standard InChI is InChI=1S/C22H27N5O2S/c1-26(2)17-9-5-16(6-10-17)21-23-13-19(29-21)14-30-22-25-24-20(27(22)3)15-7-11-18(28-4)12-8-15/h5-12,19,21,23H,13-14H2,1-4H3/p+1/t19-,21+/m0/s1. The van der Waals surface area contributed by atoms with Crippen LogP contribution in [0.2, 0.25) is 0 Å². The zero-order valence-corrected chi connectivity index (χ0v) is 18.6. The SMILES string of the molecule is COc1ccc(-c2nnc(SC[C@@H]3C[NH2+][C@@H](c4ccc(N(C)C)cc4)O3)n2C)cc1. The first-order valence-electron chi connectivity index (χ1n) is 9.98. The Kier molecular flexibility index (Phi) is 6.26. The number of anilines is 1. The molecule has 0 radical (unpaired) electrons. The number of ether oxygens (including phenoxy) is 2. The fourth-order valence-corrected chi connectivity index (χ4v) is 4.41. The van der Waals surface area contributed by atoms with Crippen molar-refractivity contribution in [3.8, 4) is 17.1 Å². The maximum atomic E-state index is 6.27. The number of benzene rings is 2. The van der Waals surface area contributed by atoms with Crippen molar-refractivity contribution >= 4 is 17.4 Å². The van der Waals surface area contributed by atoms with Crippen molar-refractivity contribution < 1.29 is 14.8 Å². The zero-order chi connectivity index (χ0) is 21.1. The van der Waals surface area contributed by atoms with Crippen molar-refractivity contribution in [3.63, 3.8) is 0 Å². The summed E-state index contributed by atoms with van der Waals surface area (Å²) in [4.78, 5) is 2.10. The Morgan fingerprint density at radius 1 is 1.13 bits per heavy atom. The summed E-state index contributed by atoms with van der Waals surface area (Å²) >= 11 is 1.68. The molecule has 1 aliphatic heterocycles. The van der Waals surface area contributed by atoms with Crippen LogP contribution in [-0.4, -0.2) is 54.4 Å². The van der Waals surface area contributed by atoms with Crippen LogP contribution in [0.4, 0.5) is 5.69 Å². The van der Waals surface area contributed by atoms with E-state index in [1.807, 2.05) is 50.0 Å². The summed E-state index contributed by atoms with van der Waals surface area (Å²) in [6.07, 6.45) is 0.232. The quantitative estimate of drug-likeness (QED) is 0.585. The maximum absolute atomic E-state index is 6.27. The van der Waals surface area contributed by atoms with E-state index in [1.165, 1.54) is 11.3 Å². The Hall–Kier alpha value is -2.55. The molecular formula is C22H28N5O2S+. The molecule has 2 heterocycles. The summed E-state index contributed by atoms with van der Waals surface area (Å²) < 4.78 is 13.5. The van der Waals surface area contributed by atoms with Crippen LogP contribution in [0.5, 0.6) is 5.75 Å². The summed E-state index contributed by atoms with van der Waals surface area (Å²) in [5, 5.41) is 11.9. The van der Waals surface area contributed by atoms with Gasteiger partial charge in [-0.3, -0.25) is 0 Å². The first-order valence-corrected chi connectivity index (χ1v) is 11.0. The molecule has 30 heavy (non-hydrogen) atoms. The molecule has 3 aromatic rings. The van der Waals surface area contributed by atoms with Crippen LogP contribution in [0.3, 0.4) is 0 Å². The van der Waals surface area contributed by atoms with Gasteiger partial charge >= 0.3 is 0 Å². The van der Waals surface area contributed by atoms with Gasteiger partial charge in [-0.2, -0.15) is 0 Å². The third kappa shape index (κ3) is 4.45. The maximum Gasteiger partial charge on any atom is 0.217 e.